The highest BCUT2D eigenvalue weighted by Crippen LogP contribution is 2.41. The standard InChI is InChI=1S/C25H23BrO7/c1-29-20-11-10-17(19(27)12-16-13-21(30-2)22(31-3)14-18(16)26)23(24(20)32-4)33-25(28)15-8-6-5-7-9-15/h5-11,13-14H,12H2,1-4H3. The molecule has 0 bridgehead atoms. The fourth-order valence-electron chi connectivity index (χ4n) is 3.25. The molecule has 0 radical (unpaired) electrons. The van der Waals surface area contributed by atoms with E-state index in [9.17, 15) is 9.59 Å². The fourth-order valence-corrected chi connectivity index (χ4v) is 3.71. The van der Waals surface area contributed by atoms with Gasteiger partial charge in [-0.15, -0.1) is 0 Å². The van der Waals surface area contributed by atoms with Crippen LogP contribution in [0.15, 0.2) is 59.1 Å². The molecule has 0 heterocycles. The Balaban J connectivity index is 2.02. The van der Waals surface area contributed by atoms with E-state index in [1.54, 1.807) is 54.6 Å². The molecule has 0 aromatic heterocycles. The number of Topliss-reactive ketones (excluding diaryl/α,β-unsaturated/α-hetero) is 1. The molecule has 8 heteroatoms. The molecule has 0 fully saturated rings. The quantitative estimate of drug-likeness (QED) is 0.222. The molecule has 0 saturated carbocycles. The monoisotopic (exact) mass is 514 g/mol. The number of benzene rings is 3. The first-order valence-electron chi connectivity index (χ1n) is 9.89. The molecule has 0 N–H and O–H groups in total. The van der Waals surface area contributed by atoms with Crippen molar-refractivity contribution in [1.82, 2.24) is 0 Å². The molecule has 0 aliphatic heterocycles. The number of ketones is 1. The lowest BCUT2D eigenvalue weighted by atomic mass is 10.0. The molecule has 3 rings (SSSR count). The third-order valence-electron chi connectivity index (χ3n) is 4.91. The zero-order chi connectivity index (χ0) is 24.0. The van der Waals surface area contributed by atoms with E-state index in [1.165, 1.54) is 28.4 Å². The number of carbonyl (C=O) groups excluding carboxylic acids is 2. The van der Waals surface area contributed by atoms with E-state index in [4.69, 9.17) is 23.7 Å². The predicted octanol–water partition coefficient (Wildman–Crippen LogP) is 5.13. The Bertz CT molecular complexity index is 1160. The molecule has 0 spiro atoms. The summed E-state index contributed by atoms with van der Waals surface area (Å²) in [4.78, 5) is 26.1. The van der Waals surface area contributed by atoms with Crippen molar-refractivity contribution in [1.29, 1.82) is 0 Å². The van der Waals surface area contributed by atoms with Crippen molar-refractivity contribution < 1.29 is 33.3 Å². The van der Waals surface area contributed by atoms with Crippen molar-refractivity contribution in [3.8, 4) is 28.7 Å². The van der Waals surface area contributed by atoms with E-state index in [0.29, 0.717) is 32.8 Å². The van der Waals surface area contributed by atoms with E-state index in [0.717, 1.165) is 0 Å². The van der Waals surface area contributed by atoms with Crippen molar-refractivity contribution in [2.24, 2.45) is 0 Å². The molecule has 3 aromatic carbocycles. The summed E-state index contributed by atoms with van der Waals surface area (Å²) in [6.07, 6.45) is 0.00626. The van der Waals surface area contributed by atoms with Crippen LogP contribution in [0.5, 0.6) is 28.7 Å². The second-order valence-electron chi connectivity index (χ2n) is 6.83. The number of ether oxygens (including phenoxy) is 5. The lowest BCUT2D eigenvalue weighted by molar-refractivity contribution is 0.0726. The highest BCUT2D eigenvalue weighted by Gasteiger charge is 2.25. The van der Waals surface area contributed by atoms with Gasteiger partial charge in [-0.05, 0) is 42.0 Å². The molecule has 0 amide bonds. The number of carbonyl (C=O) groups is 2. The van der Waals surface area contributed by atoms with Crippen LogP contribution in [0.4, 0.5) is 0 Å². The molecule has 172 valence electrons. The minimum Gasteiger partial charge on any atom is -0.493 e. The van der Waals surface area contributed by atoms with Crippen molar-refractivity contribution in [2.75, 3.05) is 28.4 Å². The lowest BCUT2D eigenvalue weighted by Crippen LogP contribution is -2.14. The number of halogens is 1. The van der Waals surface area contributed by atoms with Crippen molar-refractivity contribution >= 4 is 27.7 Å². The number of hydrogen-bond acceptors (Lipinski definition) is 7. The van der Waals surface area contributed by atoms with Gasteiger partial charge in [-0.3, -0.25) is 4.79 Å². The number of methoxy groups -OCH3 is 4. The Kier molecular flexibility index (Phi) is 7.95. The molecule has 0 aliphatic carbocycles. The average Bonchev–Trinajstić information content (AvgIpc) is 2.84. The first-order valence-corrected chi connectivity index (χ1v) is 10.7. The maximum atomic E-state index is 13.3. The van der Waals surface area contributed by atoms with Gasteiger partial charge < -0.3 is 23.7 Å². The number of esters is 1. The SMILES string of the molecule is COc1cc(Br)c(CC(=O)c2ccc(OC)c(OC)c2OC(=O)c2ccccc2)cc1OC. The number of rotatable bonds is 9. The van der Waals surface area contributed by atoms with Crippen LogP contribution in [0.3, 0.4) is 0 Å². The minimum absolute atomic E-state index is 0.00626. The van der Waals surface area contributed by atoms with E-state index in [2.05, 4.69) is 15.9 Å². The topological polar surface area (TPSA) is 80.3 Å². The van der Waals surface area contributed by atoms with E-state index < -0.39 is 5.97 Å². The normalized spacial score (nSPS) is 10.3. The Morgan fingerprint density at radius 1 is 0.758 bits per heavy atom. The summed E-state index contributed by atoms with van der Waals surface area (Å²) >= 11 is 3.47. The summed E-state index contributed by atoms with van der Waals surface area (Å²) in [5.41, 5.74) is 1.19. The molecule has 33 heavy (non-hydrogen) atoms. The van der Waals surface area contributed by atoms with Gasteiger partial charge in [0, 0.05) is 10.9 Å². The van der Waals surface area contributed by atoms with Crippen LogP contribution in [0.2, 0.25) is 0 Å². The number of hydrogen-bond donors (Lipinski definition) is 0. The zero-order valence-corrected chi connectivity index (χ0v) is 20.2. The van der Waals surface area contributed by atoms with Gasteiger partial charge >= 0.3 is 5.97 Å². The fraction of sp³-hybridized carbons (Fsp3) is 0.200. The van der Waals surface area contributed by atoms with Gasteiger partial charge in [-0.25, -0.2) is 4.79 Å². The lowest BCUT2D eigenvalue weighted by Gasteiger charge is -2.17. The molecule has 3 aromatic rings. The smallest absolute Gasteiger partial charge is 0.343 e. The maximum absolute atomic E-state index is 13.3. The first kappa shape index (κ1) is 24.1. The molecule has 7 nitrogen and oxygen atoms in total. The summed E-state index contributed by atoms with van der Waals surface area (Å²) in [6.45, 7) is 0. The zero-order valence-electron chi connectivity index (χ0n) is 18.6. The van der Waals surface area contributed by atoms with Crippen LogP contribution >= 0.6 is 15.9 Å². The molecule has 0 saturated heterocycles. The van der Waals surface area contributed by atoms with Crippen LogP contribution in [-0.4, -0.2) is 40.2 Å². The largest absolute Gasteiger partial charge is 0.493 e. The Hall–Kier alpha value is -3.52. The molecular formula is C25H23BrO7. The summed E-state index contributed by atoms with van der Waals surface area (Å²) < 4.78 is 27.7. The van der Waals surface area contributed by atoms with Crippen molar-refractivity contribution in [2.45, 2.75) is 6.42 Å². The van der Waals surface area contributed by atoms with Gasteiger partial charge in [0.25, 0.3) is 0 Å². The van der Waals surface area contributed by atoms with Crippen molar-refractivity contribution in [3.05, 3.63) is 75.8 Å². The van der Waals surface area contributed by atoms with Crippen molar-refractivity contribution in [3.63, 3.8) is 0 Å². The van der Waals surface area contributed by atoms with Crippen LogP contribution < -0.4 is 23.7 Å². The van der Waals surface area contributed by atoms with Crippen LogP contribution in [0.25, 0.3) is 0 Å². The molecular weight excluding hydrogens is 492 g/mol. The Labute approximate surface area is 200 Å². The van der Waals surface area contributed by atoms with Gasteiger partial charge in [0.1, 0.15) is 0 Å². The predicted molar refractivity (Wildman–Crippen MR) is 126 cm³/mol. The minimum atomic E-state index is -0.622. The van der Waals surface area contributed by atoms with Gasteiger partial charge in [-0.1, -0.05) is 34.1 Å². The highest BCUT2D eigenvalue weighted by atomic mass is 79.9. The summed E-state index contributed by atoms with van der Waals surface area (Å²) in [5, 5.41) is 0. The first-order chi connectivity index (χ1) is 15.9. The third kappa shape index (κ3) is 5.28. The maximum Gasteiger partial charge on any atom is 0.343 e. The average molecular weight is 515 g/mol. The van der Waals surface area contributed by atoms with Crippen LogP contribution in [0, 0.1) is 0 Å². The second-order valence-corrected chi connectivity index (χ2v) is 7.69. The van der Waals surface area contributed by atoms with Gasteiger partial charge in [-0.2, -0.15) is 0 Å². The molecule has 0 unspecified atom stereocenters. The van der Waals surface area contributed by atoms with Gasteiger partial charge in [0.2, 0.25) is 5.75 Å². The second kappa shape index (κ2) is 10.9. The molecule has 0 atom stereocenters. The van der Waals surface area contributed by atoms with E-state index in [-0.39, 0.29) is 29.3 Å². The Morgan fingerprint density at radius 2 is 1.39 bits per heavy atom. The van der Waals surface area contributed by atoms with Gasteiger partial charge in [0.15, 0.2) is 28.8 Å². The van der Waals surface area contributed by atoms with Crippen LogP contribution in [0.1, 0.15) is 26.3 Å². The third-order valence-corrected chi connectivity index (χ3v) is 5.65. The highest BCUT2D eigenvalue weighted by molar-refractivity contribution is 9.10. The summed E-state index contributed by atoms with van der Waals surface area (Å²) in [5.74, 6) is 0.586. The summed E-state index contributed by atoms with van der Waals surface area (Å²) in [7, 11) is 5.93. The molecule has 0 aliphatic rings. The van der Waals surface area contributed by atoms with Gasteiger partial charge in [0.05, 0.1) is 39.6 Å². The van der Waals surface area contributed by atoms with E-state index >= 15 is 0 Å². The summed E-state index contributed by atoms with van der Waals surface area (Å²) in [6, 6.07) is 15.1. The van der Waals surface area contributed by atoms with Crippen LogP contribution in [-0.2, 0) is 6.42 Å². The van der Waals surface area contributed by atoms with E-state index in [1.807, 2.05) is 0 Å². The Morgan fingerprint density at radius 3 is 2.00 bits per heavy atom.